The fraction of sp³-hybridized carbons (Fsp3) is 0.129. The number of rotatable bonds is 9. The number of hydrogen-bond acceptors (Lipinski definition) is 7. The van der Waals surface area contributed by atoms with Crippen molar-refractivity contribution < 1.29 is 27.8 Å². The van der Waals surface area contributed by atoms with Crippen molar-refractivity contribution in [3.63, 3.8) is 0 Å². The Balaban J connectivity index is 1.34. The Morgan fingerprint density at radius 2 is 1.59 bits per heavy atom. The molecule has 3 aromatic carbocycles. The van der Waals surface area contributed by atoms with Crippen LogP contribution in [0.2, 0.25) is 0 Å². The van der Waals surface area contributed by atoms with Crippen LogP contribution in [-0.2, 0) is 0 Å². The van der Waals surface area contributed by atoms with Gasteiger partial charge in [0.05, 0.1) is 31.3 Å². The van der Waals surface area contributed by atoms with Crippen molar-refractivity contribution in [2.45, 2.75) is 13.0 Å². The summed E-state index contributed by atoms with van der Waals surface area (Å²) in [6.45, 7) is 1.79. The van der Waals surface area contributed by atoms with Crippen LogP contribution in [0.4, 0.5) is 20.3 Å². The molecule has 2 N–H and O–H groups in total. The quantitative estimate of drug-likeness (QED) is 0.203. The molecule has 0 radical (unpaired) electrons. The maximum Gasteiger partial charge on any atom is 0.255 e. The number of carbonyl (C=O) groups excluding carboxylic acids is 1. The summed E-state index contributed by atoms with van der Waals surface area (Å²) in [5, 5.41) is 6.50. The molecule has 5 rings (SSSR count). The number of fused-ring (bicyclic) bond motifs is 1. The minimum absolute atomic E-state index is 0.00931. The monoisotopic (exact) mass is 556 g/mol. The minimum atomic E-state index is -0.632. The Kier molecular flexibility index (Phi) is 7.91. The molecule has 1 atom stereocenters. The predicted octanol–water partition coefficient (Wildman–Crippen LogP) is 6.95. The van der Waals surface area contributed by atoms with Gasteiger partial charge in [0.2, 0.25) is 0 Å². The van der Waals surface area contributed by atoms with Crippen molar-refractivity contribution >= 4 is 28.3 Å². The van der Waals surface area contributed by atoms with Crippen molar-refractivity contribution in [1.82, 2.24) is 15.3 Å². The Bertz CT molecular complexity index is 1710. The third-order valence-corrected chi connectivity index (χ3v) is 6.39. The number of halogens is 2. The number of anilines is 2. The number of benzene rings is 3. The number of hydrogen-bond donors (Lipinski definition) is 2. The third-order valence-electron chi connectivity index (χ3n) is 6.39. The predicted molar refractivity (Wildman–Crippen MR) is 151 cm³/mol. The normalized spacial score (nSPS) is 11.5. The Hall–Kier alpha value is -5.25. The Morgan fingerprint density at radius 1 is 0.829 bits per heavy atom. The van der Waals surface area contributed by atoms with Gasteiger partial charge in [0.25, 0.3) is 5.91 Å². The highest BCUT2D eigenvalue weighted by Gasteiger charge is 2.17. The fourth-order valence-electron chi connectivity index (χ4n) is 4.25. The van der Waals surface area contributed by atoms with Crippen LogP contribution in [0.3, 0.4) is 0 Å². The van der Waals surface area contributed by atoms with Crippen LogP contribution in [0, 0.1) is 11.6 Å². The van der Waals surface area contributed by atoms with Gasteiger partial charge in [-0.05, 0) is 61.0 Å². The van der Waals surface area contributed by atoms with E-state index in [1.54, 1.807) is 61.7 Å². The SMILES string of the molecule is COc1cc2nccc(Oc3ccc(Nc4ncccc4C(=O)NC(C)c4ccc(F)cc4)cc3F)c2cc1OC. The number of aromatic nitrogens is 2. The molecule has 0 aliphatic rings. The first kappa shape index (κ1) is 27.3. The summed E-state index contributed by atoms with van der Waals surface area (Å²) >= 11 is 0. The van der Waals surface area contributed by atoms with Crippen molar-refractivity contribution in [3.8, 4) is 23.0 Å². The number of carbonyl (C=O) groups is 1. The molecule has 0 saturated heterocycles. The van der Waals surface area contributed by atoms with Crippen LogP contribution in [0.1, 0.15) is 28.9 Å². The second kappa shape index (κ2) is 11.9. The van der Waals surface area contributed by atoms with Crippen LogP contribution in [0.5, 0.6) is 23.0 Å². The maximum atomic E-state index is 15.2. The van der Waals surface area contributed by atoms with Gasteiger partial charge < -0.3 is 24.8 Å². The molecule has 41 heavy (non-hydrogen) atoms. The Morgan fingerprint density at radius 3 is 2.32 bits per heavy atom. The van der Waals surface area contributed by atoms with Crippen LogP contribution in [0.15, 0.2) is 85.2 Å². The van der Waals surface area contributed by atoms with Crippen LogP contribution >= 0.6 is 0 Å². The molecule has 0 saturated carbocycles. The molecule has 0 aliphatic carbocycles. The topological polar surface area (TPSA) is 94.6 Å². The van der Waals surface area contributed by atoms with Gasteiger partial charge in [0, 0.05) is 35.6 Å². The third kappa shape index (κ3) is 6.01. The van der Waals surface area contributed by atoms with Gasteiger partial charge in [-0.2, -0.15) is 0 Å². The van der Waals surface area contributed by atoms with Crippen molar-refractivity contribution in [1.29, 1.82) is 0 Å². The van der Waals surface area contributed by atoms with E-state index in [-0.39, 0.29) is 29.0 Å². The molecule has 8 nitrogen and oxygen atoms in total. The average molecular weight is 557 g/mol. The highest BCUT2D eigenvalue weighted by molar-refractivity contribution is 5.99. The summed E-state index contributed by atoms with van der Waals surface area (Å²) in [4.78, 5) is 21.6. The standard InChI is InChI=1S/C31H26F2N4O4/c1-18(19-6-8-20(32)9-7-19)36-31(38)22-5-4-13-35-30(22)37-21-10-11-27(24(33)15-21)41-26-12-14-34-25-17-29(40-3)28(39-2)16-23(25)26/h4-18H,1-3H3,(H,35,37)(H,36,38). The second-order valence-corrected chi connectivity index (χ2v) is 9.05. The van der Waals surface area contributed by atoms with E-state index in [9.17, 15) is 9.18 Å². The lowest BCUT2D eigenvalue weighted by Crippen LogP contribution is -2.27. The molecule has 10 heteroatoms. The van der Waals surface area contributed by atoms with Crippen LogP contribution in [-0.4, -0.2) is 30.1 Å². The molecule has 5 aromatic rings. The zero-order valence-electron chi connectivity index (χ0n) is 22.4. The molecule has 2 heterocycles. The highest BCUT2D eigenvalue weighted by atomic mass is 19.1. The largest absolute Gasteiger partial charge is 0.493 e. The van der Waals surface area contributed by atoms with E-state index in [2.05, 4.69) is 20.6 Å². The van der Waals surface area contributed by atoms with Gasteiger partial charge in [0.1, 0.15) is 17.4 Å². The fourth-order valence-corrected chi connectivity index (χ4v) is 4.25. The number of pyridine rings is 2. The molecule has 0 aliphatic heterocycles. The van der Waals surface area contributed by atoms with E-state index < -0.39 is 11.7 Å². The first-order valence-electron chi connectivity index (χ1n) is 12.6. The molecule has 208 valence electrons. The maximum absolute atomic E-state index is 15.2. The Labute approximate surface area is 234 Å². The van der Waals surface area contributed by atoms with Crippen molar-refractivity contribution in [3.05, 3.63) is 108 Å². The smallest absolute Gasteiger partial charge is 0.255 e. The number of ether oxygens (including phenoxy) is 3. The summed E-state index contributed by atoms with van der Waals surface area (Å²) in [6.07, 6.45) is 3.08. The number of nitrogens with one attached hydrogen (secondary N) is 2. The second-order valence-electron chi connectivity index (χ2n) is 9.05. The number of methoxy groups -OCH3 is 2. The lowest BCUT2D eigenvalue weighted by atomic mass is 10.1. The minimum Gasteiger partial charge on any atom is -0.493 e. The van der Waals surface area contributed by atoms with Gasteiger partial charge in [-0.25, -0.2) is 13.8 Å². The highest BCUT2D eigenvalue weighted by Crippen LogP contribution is 2.37. The van der Waals surface area contributed by atoms with Gasteiger partial charge >= 0.3 is 0 Å². The van der Waals surface area contributed by atoms with Gasteiger partial charge in [0.15, 0.2) is 23.1 Å². The number of nitrogens with zero attached hydrogens (tertiary/aromatic N) is 2. The average Bonchev–Trinajstić information content (AvgIpc) is 2.98. The van der Waals surface area contributed by atoms with Crippen LogP contribution < -0.4 is 24.8 Å². The molecule has 0 bridgehead atoms. The summed E-state index contributed by atoms with van der Waals surface area (Å²) in [5.74, 6) is 0.232. The molecule has 0 spiro atoms. The summed E-state index contributed by atoms with van der Waals surface area (Å²) < 4.78 is 45.1. The summed E-state index contributed by atoms with van der Waals surface area (Å²) in [7, 11) is 3.05. The zero-order chi connectivity index (χ0) is 28.9. The van der Waals surface area contributed by atoms with E-state index in [1.165, 1.54) is 44.7 Å². The lowest BCUT2D eigenvalue weighted by molar-refractivity contribution is 0.0940. The van der Waals surface area contributed by atoms with E-state index in [0.29, 0.717) is 33.8 Å². The summed E-state index contributed by atoms with van der Waals surface area (Å²) in [6, 6.07) is 18.1. The van der Waals surface area contributed by atoms with E-state index >= 15 is 4.39 Å². The van der Waals surface area contributed by atoms with Crippen molar-refractivity contribution in [2.75, 3.05) is 19.5 Å². The first-order chi connectivity index (χ1) is 19.9. The molecule has 1 unspecified atom stereocenters. The molecule has 1 amide bonds. The first-order valence-corrected chi connectivity index (χ1v) is 12.6. The van der Waals surface area contributed by atoms with E-state index in [0.717, 1.165) is 5.56 Å². The van der Waals surface area contributed by atoms with Crippen LogP contribution in [0.25, 0.3) is 10.9 Å². The summed E-state index contributed by atoms with van der Waals surface area (Å²) in [5.41, 5.74) is 1.96. The van der Waals surface area contributed by atoms with E-state index in [1.807, 2.05) is 0 Å². The zero-order valence-corrected chi connectivity index (χ0v) is 22.4. The van der Waals surface area contributed by atoms with Gasteiger partial charge in [-0.3, -0.25) is 9.78 Å². The molecule has 0 fully saturated rings. The molecule has 2 aromatic heterocycles. The lowest BCUT2D eigenvalue weighted by Gasteiger charge is -2.16. The molecular weight excluding hydrogens is 530 g/mol. The number of amides is 1. The van der Waals surface area contributed by atoms with Gasteiger partial charge in [-0.1, -0.05) is 12.1 Å². The van der Waals surface area contributed by atoms with E-state index in [4.69, 9.17) is 14.2 Å². The molecular formula is C31H26F2N4O4. The van der Waals surface area contributed by atoms with Gasteiger partial charge in [-0.15, -0.1) is 0 Å². The van der Waals surface area contributed by atoms with Crippen molar-refractivity contribution in [2.24, 2.45) is 0 Å².